The molecule has 0 saturated heterocycles. The Morgan fingerprint density at radius 2 is 1.62 bits per heavy atom. The van der Waals surface area contributed by atoms with Crippen LogP contribution in [0.25, 0.3) is 0 Å². The van der Waals surface area contributed by atoms with Gasteiger partial charge < -0.3 is 5.32 Å². The van der Waals surface area contributed by atoms with Gasteiger partial charge in [-0.1, -0.05) is 60.2 Å². The van der Waals surface area contributed by atoms with Crippen LogP contribution in [0.2, 0.25) is 10.0 Å². The number of carbonyl (C=O) groups excluding carboxylic acids is 2. The number of aryl methyl sites for hydroxylation is 1. The van der Waals surface area contributed by atoms with Crippen molar-refractivity contribution in [2.45, 2.75) is 45.1 Å². The van der Waals surface area contributed by atoms with Gasteiger partial charge in [0.25, 0.3) is 11.8 Å². The van der Waals surface area contributed by atoms with Gasteiger partial charge in [0.15, 0.2) is 0 Å². The zero-order valence-electron chi connectivity index (χ0n) is 18.8. The molecule has 7 heteroatoms. The first-order chi connectivity index (χ1) is 16.3. The zero-order chi connectivity index (χ0) is 24.2. The summed E-state index contributed by atoms with van der Waals surface area (Å²) < 4.78 is 14.2. The van der Waals surface area contributed by atoms with Crippen LogP contribution in [0.3, 0.4) is 0 Å². The Morgan fingerprint density at radius 3 is 2.26 bits per heavy atom. The molecular formula is C27H25Cl2FN2O2. The van der Waals surface area contributed by atoms with Crippen LogP contribution in [0.5, 0.6) is 0 Å². The molecule has 0 spiro atoms. The van der Waals surface area contributed by atoms with Crippen LogP contribution < -0.4 is 5.32 Å². The third-order valence-corrected chi connectivity index (χ3v) is 6.63. The number of anilines is 2. The smallest absolute Gasteiger partial charge is 0.262 e. The predicted octanol–water partition coefficient (Wildman–Crippen LogP) is 7.80. The van der Waals surface area contributed by atoms with Crippen LogP contribution >= 0.6 is 23.2 Å². The van der Waals surface area contributed by atoms with E-state index < -0.39 is 11.7 Å². The van der Waals surface area contributed by atoms with Crippen molar-refractivity contribution in [3.8, 4) is 0 Å². The van der Waals surface area contributed by atoms with Crippen molar-refractivity contribution in [3.05, 3.63) is 93.2 Å². The summed E-state index contributed by atoms with van der Waals surface area (Å²) >= 11 is 12.3. The molecule has 3 aromatic rings. The van der Waals surface area contributed by atoms with Crippen molar-refractivity contribution in [3.63, 3.8) is 0 Å². The van der Waals surface area contributed by atoms with Crippen molar-refractivity contribution in [1.29, 1.82) is 0 Å². The molecule has 0 heterocycles. The number of imide groups is 1. The molecule has 1 saturated carbocycles. The molecule has 176 valence electrons. The number of rotatable bonds is 5. The molecule has 2 amide bonds. The van der Waals surface area contributed by atoms with Crippen molar-refractivity contribution in [2.75, 3.05) is 5.32 Å². The molecule has 0 aromatic heterocycles. The Hall–Kier alpha value is -2.89. The largest absolute Gasteiger partial charge is 0.353 e. The van der Waals surface area contributed by atoms with E-state index in [4.69, 9.17) is 23.2 Å². The SMILES string of the molecule is Cc1ccc(C(=O)N(C(=O)c2ccc(Nc3ccc(Cl)cc3F)cc2Cl)C2CCCCC2)cc1. The summed E-state index contributed by atoms with van der Waals surface area (Å²) in [7, 11) is 0. The molecule has 4 rings (SSSR count). The van der Waals surface area contributed by atoms with Gasteiger partial charge in [-0.15, -0.1) is 0 Å². The van der Waals surface area contributed by atoms with Crippen molar-refractivity contribution in [1.82, 2.24) is 4.90 Å². The van der Waals surface area contributed by atoms with E-state index in [1.807, 2.05) is 19.1 Å². The van der Waals surface area contributed by atoms with E-state index in [0.717, 1.165) is 37.7 Å². The third kappa shape index (κ3) is 5.43. The minimum absolute atomic E-state index is 0.174. The van der Waals surface area contributed by atoms with Gasteiger partial charge in [0.05, 0.1) is 16.3 Å². The Balaban J connectivity index is 1.62. The maximum absolute atomic E-state index is 14.2. The Kier molecular flexibility index (Phi) is 7.54. The quantitative estimate of drug-likeness (QED) is 0.365. The summed E-state index contributed by atoms with van der Waals surface area (Å²) in [5.41, 5.74) is 2.48. The van der Waals surface area contributed by atoms with Crippen LogP contribution in [0.15, 0.2) is 60.7 Å². The monoisotopic (exact) mass is 498 g/mol. The summed E-state index contributed by atoms with van der Waals surface area (Å²) in [5.74, 6) is -1.25. The second kappa shape index (κ2) is 10.6. The van der Waals surface area contributed by atoms with E-state index in [-0.39, 0.29) is 28.2 Å². The highest BCUT2D eigenvalue weighted by atomic mass is 35.5. The van der Waals surface area contributed by atoms with E-state index >= 15 is 0 Å². The number of carbonyl (C=O) groups is 2. The topological polar surface area (TPSA) is 49.4 Å². The number of amides is 2. The summed E-state index contributed by atoms with van der Waals surface area (Å²) in [6.07, 6.45) is 4.59. The fourth-order valence-electron chi connectivity index (χ4n) is 4.24. The van der Waals surface area contributed by atoms with Crippen molar-refractivity contribution >= 4 is 46.4 Å². The minimum atomic E-state index is -0.504. The molecule has 34 heavy (non-hydrogen) atoms. The van der Waals surface area contributed by atoms with Crippen molar-refractivity contribution < 1.29 is 14.0 Å². The average Bonchev–Trinajstić information content (AvgIpc) is 2.82. The van der Waals surface area contributed by atoms with E-state index in [0.29, 0.717) is 16.3 Å². The third-order valence-electron chi connectivity index (χ3n) is 6.09. The highest BCUT2D eigenvalue weighted by Gasteiger charge is 2.33. The summed E-state index contributed by atoms with van der Waals surface area (Å²) in [5, 5.41) is 3.42. The lowest BCUT2D eigenvalue weighted by Gasteiger charge is -2.33. The molecule has 0 radical (unpaired) electrons. The lowest BCUT2D eigenvalue weighted by Crippen LogP contribution is -2.45. The van der Waals surface area contributed by atoms with Gasteiger partial charge in [-0.2, -0.15) is 0 Å². The lowest BCUT2D eigenvalue weighted by atomic mass is 9.93. The number of nitrogens with one attached hydrogen (secondary N) is 1. The fourth-order valence-corrected chi connectivity index (χ4v) is 4.66. The zero-order valence-corrected chi connectivity index (χ0v) is 20.3. The first-order valence-electron chi connectivity index (χ1n) is 11.3. The molecule has 0 unspecified atom stereocenters. The maximum Gasteiger partial charge on any atom is 0.262 e. The molecule has 0 bridgehead atoms. The Labute approximate surface area is 208 Å². The molecule has 1 fully saturated rings. The first kappa shape index (κ1) is 24.2. The lowest BCUT2D eigenvalue weighted by molar-refractivity contribution is 0.0509. The number of nitrogens with zero attached hydrogens (tertiary/aromatic N) is 1. The highest BCUT2D eigenvalue weighted by Crippen LogP contribution is 2.30. The normalized spacial score (nSPS) is 14.0. The molecule has 4 nitrogen and oxygen atoms in total. The van der Waals surface area contributed by atoms with Gasteiger partial charge in [-0.25, -0.2) is 4.39 Å². The van der Waals surface area contributed by atoms with Crippen LogP contribution in [-0.2, 0) is 0 Å². The molecular weight excluding hydrogens is 474 g/mol. The fraction of sp³-hybridized carbons (Fsp3) is 0.259. The molecule has 0 aliphatic heterocycles. The predicted molar refractivity (Wildman–Crippen MR) is 135 cm³/mol. The van der Waals surface area contributed by atoms with Gasteiger partial charge in [0, 0.05) is 22.3 Å². The van der Waals surface area contributed by atoms with Crippen LogP contribution in [0, 0.1) is 12.7 Å². The number of hydrogen-bond acceptors (Lipinski definition) is 3. The van der Waals surface area contributed by atoms with Gasteiger partial charge in [0.2, 0.25) is 0 Å². The molecule has 1 aliphatic carbocycles. The second-order valence-electron chi connectivity index (χ2n) is 8.58. The Bertz CT molecular complexity index is 1210. The van der Waals surface area contributed by atoms with E-state index in [1.54, 1.807) is 36.4 Å². The van der Waals surface area contributed by atoms with Crippen molar-refractivity contribution in [2.24, 2.45) is 0 Å². The van der Waals surface area contributed by atoms with E-state index in [2.05, 4.69) is 5.32 Å². The molecule has 1 aliphatic rings. The molecule has 3 aromatic carbocycles. The van der Waals surface area contributed by atoms with Crippen LogP contribution in [0.4, 0.5) is 15.8 Å². The van der Waals surface area contributed by atoms with Gasteiger partial charge in [0.1, 0.15) is 5.82 Å². The van der Waals surface area contributed by atoms with E-state index in [9.17, 15) is 14.0 Å². The standard InChI is InChI=1S/C27H25Cl2FN2O2/c1-17-7-9-18(10-8-17)26(33)32(21-5-3-2-4-6-21)27(34)22-13-12-20(16-23(22)29)31-25-14-11-19(28)15-24(25)30/h7-16,21,31H,2-6H2,1H3. The molecule has 1 N–H and O–H groups in total. The number of hydrogen-bond donors (Lipinski definition) is 1. The Morgan fingerprint density at radius 1 is 0.912 bits per heavy atom. The molecule has 0 atom stereocenters. The van der Waals surface area contributed by atoms with Gasteiger partial charge >= 0.3 is 0 Å². The number of benzene rings is 3. The minimum Gasteiger partial charge on any atom is -0.353 e. The average molecular weight is 499 g/mol. The van der Waals surface area contributed by atoms with Gasteiger partial charge in [-0.05, 0) is 68.3 Å². The maximum atomic E-state index is 14.2. The number of halogens is 3. The van der Waals surface area contributed by atoms with E-state index in [1.165, 1.54) is 17.0 Å². The van der Waals surface area contributed by atoms with Crippen LogP contribution in [0.1, 0.15) is 58.4 Å². The van der Waals surface area contributed by atoms with Gasteiger partial charge in [-0.3, -0.25) is 14.5 Å². The second-order valence-corrected chi connectivity index (χ2v) is 9.43. The highest BCUT2D eigenvalue weighted by molar-refractivity contribution is 6.34. The van der Waals surface area contributed by atoms with Crippen LogP contribution in [-0.4, -0.2) is 22.8 Å². The summed E-state index contributed by atoms with van der Waals surface area (Å²) in [6.45, 7) is 1.95. The summed E-state index contributed by atoms with van der Waals surface area (Å²) in [4.78, 5) is 28.5. The first-order valence-corrected chi connectivity index (χ1v) is 12.1. The summed E-state index contributed by atoms with van der Waals surface area (Å²) in [6, 6.07) is 16.1.